The lowest BCUT2D eigenvalue weighted by atomic mass is 10.1. The van der Waals surface area contributed by atoms with Crippen molar-refractivity contribution < 1.29 is 4.39 Å². The molecule has 0 aliphatic rings. The Hall–Kier alpha value is -1.33. The minimum absolute atomic E-state index is 0.0865. The zero-order valence-corrected chi connectivity index (χ0v) is 10.6. The Morgan fingerprint density at radius 2 is 2.18 bits per heavy atom. The van der Waals surface area contributed by atoms with E-state index in [9.17, 15) is 4.39 Å². The molecule has 1 heterocycles. The molecule has 17 heavy (non-hydrogen) atoms. The minimum atomic E-state index is -0.223. The van der Waals surface area contributed by atoms with Gasteiger partial charge in [-0.05, 0) is 25.0 Å². The van der Waals surface area contributed by atoms with Gasteiger partial charge in [0.2, 0.25) is 0 Å². The Morgan fingerprint density at radius 3 is 2.82 bits per heavy atom. The van der Waals surface area contributed by atoms with Crippen molar-refractivity contribution in [1.29, 1.82) is 0 Å². The molecule has 0 aliphatic carbocycles. The molecule has 3 nitrogen and oxygen atoms in total. The van der Waals surface area contributed by atoms with Gasteiger partial charge in [-0.15, -0.1) is 10.2 Å². The first-order valence-electron chi connectivity index (χ1n) is 5.47. The van der Waals surface area contributed by atoms with Gasteiger partial charge < -0.3 is 5.73 Å². The molecule has 0 radical (unpaired) electrons. The van der Waals surface area contributed by atoms with Gasteiger partial charge in [0, 0.05) is 5.56 Å². The van der Waals surface area contributed by atoms with Crippen LogP contribution in [0.25, 0.3) is 10.6 Å². The zero-order valence-electron chi connectivity index (χ0n) is 9.77. The molecule has 90 valence electrons. The van der Waals surface area contributed by atoms with Crippen LogP contribution in [0.4, 0.5) is 4.39 Å². The summed E-state index contributed by atoms with van der Waals surface area (Å²) < 4.78 is 13.4. The van der Waals surface area contributed by atoms with Crippen molar-refractivity contribution in [2.45, 2.75) is 26.3 Å². The SMILES string of the molecule is CCC(N)c1nnc(-c2ccc(C)c(F)c2)s1. The van der Waals surface area contributed by atoms with Gasteiger partial charge in [-0.2, -0.15) is 0 Å². The number of rotatable bonds is 3. The Balaban J connectivity index is 2.33. The van der Waals surface area contributed by atoms with Gasteiger partial charge in [0.15, 0.2) is 0 Å². The molecule has 2 N–H and O–H groups in total. The summed E-state index contributed by atoms with van der Waals surface area (Å²) in [6.07, 6.45) is 0.816. The van der Waals surface area contributed by atoms with E-state index in [0.29, 0.717) is 10.6 Å². The molecular weight excluding hydrogens is 237 g/mol. The molecule has 2 aromatic rings. The number of nitrogens with two attached hydrogens (primary N) is 1. The van der Waals surface area contributed by atoms with E-state index in [1.54, 1.807) is 13.0 Å². The molecule has 1 aromatic carbocycles. The third-order valence-electron chi connectivity index (χ3n) is 2.62. The van der Waals surface area contributed by atoms with Crippen LogP contribution >= 0.6 is 11.3 Å². The molecule has 0 saturated carbocycles. The van der Waals surface area contributed by atoms with Gasteiger partial charge >= 0.3 is 0 Å². The summed E-state index contributed by atoms with van der Waals surface area (Å²) in [5.74, 6) is -0.223. The van der Waals surface area contributed by atoms with Crippen molar-refractivity contribution in [3.05, 3.63) is 34.6 Å². The summed E-state index contributed by atoms with van der Waals surface area (Å²) in [4.78, 5) is 0. The fraction of sp³-hybridized carbons (Fsp3) is 0.333. The fourth-order valence-corrected chi connectivity index (χ4v) is 2.33. The molecule has 0 amide bonds. The van der Waals surface area contributed by atoms with Crippen LogP contribution in [0.2, 0.25) is 0 Å². The second-order valence-corrected chi connectivity index (χ2v) is 4.93. The largest absolute Gasteiger partial charge is 0.322 e. The lowest BCUT2D eigenvalue weighted by Gasteiger charge is -2.01. The van der Waals surface area contributed by atoms with E-state index in [-0.39, 0.29) is 11.9 Å². The van der Waals surface area contributed by atoms with E-state index in [2.05, 4.69) is 10.2 Å². The number of halogens is 1. The molecule has 0 saturated heterocycles. The normalized spacial score (nSPS) is 12.7. The van der Waals surface area contributed by atoms with Gasteiger partial charge in [0.25, 0.3) is 0 Å². The summed E-state index contributed by atoms with van der Waals surface area (Å²) in [6, 6.07) is 4.99. The highest BCUT2D eigenvalue weighted by Crippen LogP contribution is 2.27. The summed E-state index contributed by atoms with van der Waals surface area (Å²) >= 11 is 1.42. The van der Waals surface area contributed by atoms with E-state index in [0.717, 1.165) is 17.0 Å². The monoisotopic (exact) mass is 251 g/mol. The molecule has 5 heteroatoms. The molecule has 0 aliphatic heterocycles. The van der Waals surface area contributed by atoms with Crippen LogP contribution in [0.5, 0.6) is 0 Å². The number of benzene rings is 1. The maximum Gasteiger partial charge on any atom is 0.147 e. The predicted octanol–water partition coefficient (Wildman–Crippen LogP) is 3.06. The van der Waals surface area contributed by atoms with Crippen LogP contribution in [0.15, 0.2) is 18.2 Å². The van der Waals surface area contributed by atoms with Crippen LogP contribution in [0.1, 0.15) is 30.0 Å². The van der Waals surface area contributed by atoms with Gasteiger partial charge in [-0.25, -0.2) is 4.39 Å². The molecule has 0 fully saturated rings. The van der Waals surface area contributed by atoms with Crippen LogP contribution < -0.4 is 5.73 Å². The third kappa shape index (κ3) is 2.50. The van der Waals surface area contributed by atoms with Gasteiger partial charge in [-0.1, -0.05) is 30.4 Å². The maximum absolute atomic E-state index is 13.4. The predicted molar refractivity (Wildman–Crippen MR) is 67.3 cm³/mol. The lowest BCUT2D eigenvalue weighted by molar-refractivity contribution is 0.619. The van der Waals surface area contributed by atoms with Crippen molar-refractivity contribution >= 4 is 11.3 Å². The van der Waals surface area contributed by atoms with Crippen molar-refractivity contribution in [2.24, 2.45) is 5.73 Å². The average molecular weight is 251 g/mol. The third-order valence-corrected chi connectivity index (χ3v) is 3.72. The van der Waals surface area contributed by atoms with Crippen molar-refractivity contribution in [2.75, 3.05) is 0 Å². The highest BCUT2D eigenvalue weighted by molar-refractivity contribution is 7.14. The first-order valence-corrected chi connectivity index (χ1v) is 6.29. The van der Waals surface area contributed by atoms with Crippen molar-refractivity contribution in [3.8, 4) is 10.6 Å². The minimum Gasteiger partial charge on any atom is -0.322 e. The molecule has 0 spiro atoms. The Morgan fingerprint density at radius 1 is 1.41 bits per heavy atom. The highest BCUT2D eigenvalue weighted by Gasteiger charge is 2.12. The van der Waals surface area contributed by atoms with E-state index in [1.165, 1.54) is 17.4 Å². The second-order valence-electron chi connectivity index (χ2n) is 3.92. The van der Waals surface area contributed by atoms with Crippen LogP contribution in [0.3, 0.4) is 0 Å². The maximum atomic E-state index is 13.4. The van der Waals surface area contributed by atoms with Gasteiger partial charge in [-0.3, -0.25) is 0 Å². The van der Waals surface area contributed by atoms with Crippen molar-refractivity contribution in [1.82, 2.24) is 10.2 Å². The summed E-state index contributed by atoms with van der Waals surface area (Å²) in [5, 5.41) is 9.59. The van der Waals surface area contributed by atoms with E-state index < -0.39 is 0 Å². The van der Waals surface area contributed by atoms with Crippen LogP contribution in [0, 0.1) is 12.7 Å². The summed E-state index contributed by atoms with van der Waals surface area (Å²) in [7, 11) is 0. The number of nitrogens with zero attached hydrogens (tertiary/aromatic N) is 2. The quantitative estimate of drug-likeness (QED) is 0.912. The van der Waals surface area contributed by atoms with E-state index in [1.807, 2.05) is 13.0 Å². The molecule has 0 bridgehead atoms. The Bertz CT molecular complexity index is 524. The number of aromatic nitrogens is 2. The number of aryl methyl sites for hydroxylation is 1. The van der Waals surface area contributed by atoms with E-state index >= 15 is 0 Å². The smallest absolute Gasteiger partial charge is 0.147 e. The molecule has 2 rings (SSSR count). The number of hydrogen-bond acceptors (Lipinski definition) is 4. The topological polar surface area (TPSA) is 51.8 Å². The number of hydrogen-bond donors (Lipinski definition) is 1. The van der Waals surface area contributed by atoms with Gasteiger partial charge in [0.05, 0.1) is 6.04 Å². The second kappa shape index (κ2) is 4.89. The molecule has 1 atom stereocenters. The zero-order chi connectivity index (χ0) is 12.4. The first kappa shape index (κ1) is 12.1. The standard InChI is InChI=1S/C12H14FN3S/c1-3-10(14)12-16-15-11(17-12)8-5-4-7(2)9(13)6-8/h4-6,10H,3,14H2,1-2H3. The summed E-state index contributed by atoms with van der Waals surface area (Å²) in [6.45, 7) is 3.73. The van der Waals surface area contributed by atoms with Crippen molar-refractivity contribution in [3.63, 3.8) is 0 Å². The first-order chi connectivity index (χ1) is 8.11. The highest BCUT2D eigenvalue weighted by atomic mass is 32.1. The average Bonchev–Trinajstić information content (AvgIpc) is 2.81. The summed E-state index contributed by atoms with van der Waals surface area (Å²) in [5.41, 5.74) is 7.25. The van der Waals surface area contributed by atoms with Gasteiger partial charge in [0.1, 0.15) is 15.8 Å². The van der Waals surface area contributed by atoms with Crippen LogP contribution in [-0.4, -0.2) is 10.2 Å². The lowest BCUT2D eigenvalue weighted by Crippen LogP contribution is -2.07. The molecular formula is C12H14FN3S. The van der Waals surface area contributed by atoms with Crippen LogP contribution in [-0.2, 0) is 0 Å². The Kier molecular flexibility index (Phi) is 3.49. The Labute approximate surface area is 104 Å². The fourth-order valence-electron chi connectivity index (χ4n) is 1.40. The molecule has 1 unspecified atom stereocenters. The van der Waals surface area contributed by atoms with E-state index in [4.69, 9.17) is 5.73 Å². The molecule has 1 aromatic heterocycles.